The van der Waals surface area contributed by atoms with Gasteiger partial charge in [-0.15, -0.1) is 5.10 Å². The largest absolute Gasteiger partial charge is 0.334 e. The quantitative estimate of drug-likeness (QED) is 0.694. The maximum atomic E-state index is 13.9. The highest BCUT2D eigenvalue weighted by Crippen LogP contribution is 2.14. The number of amides is 1. The molecule has 1 heterocycles. The fourth-order valence-corrected chi connectivity index (χ4v) is 2.65. The average molecular weight is 338 g/mol. The van der Waals surface area contributed by atoms with Gasteiger partial charge in [0.2, 0.25) is 0 Å². The summed E-state index contributed by atoms with van der Waals surface area (Å²) >= 11 is 0. The number of carbonyl (C=O) groups excluding carboxylic acids is 1. The van der Waals surface area contributed by atoms with E-state index < -0.39 is 0 Å². The Morgan fingerprint density at radius 1 is 1.20 bits per heavy atom. The zero-order chi connectivity index (χ0) is 17.6. The van der Waals surface area contributed by atoms with Gasteiger partial charge in [0.15, 0.2) is 0 Å². The minimum atomic E-state index is -0.298. The first-order chi connectivity index (χ1) is 12.2. The Morgan fingerprint density at radius 2 is 2.04 bits per heavy atom. The second-order valence-corrected chi connectivity index (χ2v) is 5.71. The first kappa shape index (κ1) is 16.8. The van der Waals surface area contributed by atoms with Crippen LogP contribution in [0.3, 0.4) is 0 Å². The zero-order valence-electron chi connectivity index (χ0n) is 14.0. The van der Waals surface area contributed by atoms with Gasteiger partial charge in [-0.1, -0.05) is 35.5 Å². The van der Waals surface area contributed by atoms with Crippen LogP contribution in [-0.2, 0) is 13.1 Å². The van der Waals surface area contributed by atoms with E-state index in [9.17, 15) is 9.18 Å². The Morgan fingerprint density at radius 3 is 2.76 bits per heavy atom. The molecule has 0 radical (unpaired) electrons. The van der Waals surface area contributed by atoms with E-state index in [2.05, 4.69) is 10.3 Å². The Labute approximate surface area is 145 Å². The van der Waals surface area contributed by atoms with E-state index in [4.69, 9.17) is 0 Å². The fourth-order valence-electron chi connectivity index (χ4n) is 2.65. The zero-order valence-corrected chi connectivity index (χ0v) is 14.0. The molecule has 0 aliphatic rings. The second-order valence-electron chi connectivity index (χ2n) is 5.71. The summed E-state index contributed by atoms with van der Waals surface area (Å²) < 4.78 is 15.6. The number of rotatable bonds is 6. The summed E-state index contributed by atoms with van der Waals surface area (Å²) in [5, 5.41) is 7.71. The van der Waals surface area contributed by atoms with E-state index in [1.165, 1.54) is 6.07 Å². The van der Waals surface area contributed by atoms with Gasteiger partial charge in [-0.05, 0) is 30.7 Å². The van der Waals surface area contributed by atoms with Gasteiger partial charge in [0.25, 0.3) is 5.91 Å². The van der Waals surface area contributed by atoms with Gasteiger partial charge in [0.05, 0.1) is 12.7 Å². The number of carbonyl (C=O) groups is 1. The number of benzene rings is 2. The summed E-state index contributed by atoms with van der Waals surface area (Å²) in [5.74, 6) is -0.417. The van der Waals surface area contributed by atoms with Crippen LogP contribution in [0.2, 0.25) is 0 Å². The predicted octanol–water partition coefficient (Wildman–Crippen LogP) is 3.13. The van der Waals surface area contributed by atoms with E-state index in [1.54, 1.807) is 46.2 Å². The highest BCUT2D eigenvalue weighted by Gasteiger charge is 2.16. The molecule has 0 aliphatic heterocycles. The molecule has 0 fully saturated rings. The van der Waals surface area contributed by atoms with Crippen LogP contribution in [0.15, 0.2) is 60.9 Å². The van der Waals surface area contributed by atoms with Gasteiger partial charge >= 0.3 is 0 Å². The predicted molar refractivity (Wildman–Crippen MR) is 92.4 cm³/mol. The molecule has 0 saturated heterocycles. The van der Waals surface area contributed by atoms with Gasteiger partial charge < -0.3 is 4.90 Å². The third kappa shape index (κ3) is 4.09. The Balaban J connectivity index is 1.77. The summed E-state index contributed by atoms with van der Waals surface area (Å²) in [6.45, 7) is 3.17. The lowest BCUT2D eigenvalue weighted by atomic mass is 10.1. The van der Waals surface area contributed by atoms with E-state index in [0.29, 0.717) is 24.2 Å². The average Bonchev–Trinajstić information content (AvgIpc) is 3.14. The van der Waals surface area contributed by atoms with Crippen molar-refractivity contribution in [3.63, 3.8) is 0 Å². The first-order valence-corrected chi connectivity index (χ1v) is 8.13. The molecule has 3 aromatic rings. The van der Waals surface area contributed by atoms with Crippen molar-refractivity contribution in [2.75, 3.05) is 6.54 Å². The molecule has 0 aliphatic carbocycles. The minimum Gasteiger partial charge on any atom is -0.334 e. The molecule has 0 bridgehead atoms. The van der Waals surface area contributed by atoms with Gasteiger partial charge in [-0.2, -0.15) is 0 Å². The van der Waals surface area contributed by atoms with Crippen LogP contribution in [0.1, 0.15) is 28.4 Å². The molecule has 1 aromatic heterocycles. The first-order valence-electron chi connectivity index (χ1n) is 8.13. The number of nitrogens with zero attached hydrogens (tertiary/aromatic N) is 4. The van der Waals surface area contributed by atoms with Crippen LogP contribution >= 0.6 is 0 Å². The van der Waals surface area contributed by atoms with Crippen molar-refractivity contribution in [3.8, 4) is 0 Å². The van der Waals surface area contributed by atoms with Crippen molar-refractivity contribution in [2.24, 2.45) is 0 Å². The van der Waals surface area contributed by atoms with Gasteiger partial charge in [0, 0.05) is 30.4 Å². The molecular formula is C19H19FN4O. The smallest absolute Gasteiger partial charge is 0.254 e. The summed E-state index contributed by atoms with van der Waals surface area (Å²) in [4.78, 5) is 14.4. The summed E-state index contributed by atoms with van der Waals surface area (Å²) in [7, 11) is 0. The monoisotopic (exact) mass is 338 g/mol. The lowest BCUT2D eigenvalue weighted by Gasteiger charge is -2.21. The van der Waals surface area contributed by atoms with Crippen LogP contribution in [0.5, 0.6) is 0 Å². The molecule has 0 atom stereocenters. The van der Waals surface area contributed by atoms with Gasteiger partial charge in [-0.25, -0.2) is 9.07 Å². The van der Waals surface area contributed by atoms with Gasteiger partial charge in [-0.3, -0.25) is 4.79 Å². The van der Waals surface area contributed by atoms with Crippen LogP contribution in [0, 0.1) is 5.82 Å². The third-order valence-corrected chi connectivity index (χ3v) is 3.98. The number of hydrogen-bond donors (Lipinski definition) is 0. The molecule has 3 rings (SSSR count). The van der Waals surface area contributed by atoms with Crippen molar-refractivity contribution in [1.82, 2.24) is 19.9 Å². The molecular weight excluding hydrogens is 319 g/mol. The molecule has 25 heavy (non-hydrogen) atoms. The summed E-state index contributed by atoms with van der Waals surface area (Å²) in [5.41, 5.74) is 2.05. The van der Waals surface area contributed by atoms with Crippen LogP contribution < -0.4 is 0 Å². The lowest BCUT2D eigenvalue weighted by molar-refractivity contribution is 0.0751. The topological polar surface area (TPSA) is 51.0 Å². The van der Waals surface area contributed by atoms with Gasteiger partial charge in [0.1, 0.15) is 5.82 Å². The van der Waals surface area contributed by atoms with Crippen LogP contribution in [-0.4, -0.2) is 32.3 Å². The maximum Gasteiger partial charge on any atom is 0.254 e. The van der Waals surface area contributed by atoms with E-state index in [0.717, 1.165) is 5.56 Å². The van der Waals surface area contributed by atoms with Crippen molar-refractivity contribution in [2.45, 2.75) is 20.0 Å². The summed E-state index contributed by atoms with van der Waals surface area (Å²) in [6.07, 6.45) is 3.38. The molecule has 0 N–H and O–H groups in total. The SMILES string of the molecule is CCN(Cc1ccccc1F)C(=O)c1cccc(Cn2ccnn2)c1. The molecule has 1 amide bonds. The maximum absolute atomic E-state index is 13.9. The number of hydrogen-bond acceptors (Lipinski definition) is 3. The molecule has 6 heteroatoms. The molecule has 2 aromatic carbocycles. The molecule has 0 unspecified atom stereocenters. The van der Waals surface area contributed by atoms with E-state index in [-0.39, 0.29) is 18.3 Å². The third-order valence-electron chi connectivity index (χ3n) is 3.98. The van der Waals surface area contributed by atoms with Crippen molar-refractivity contribution >= 4 is 5.91 Å². The summed E-state index contributed by atoms with van der Waals surface area (Å²) in [6, 6.07) is 13.9. The molecule has 0 spiro atoms. The fraction of sp³-hybridized carbons (Fsp3) is 0.211. The van der Waals surface area contributed by atoms with E-state index >= 15 is 0 Å². The lowest BCUT2D eigenvalue weighted by Crippen LogP contribution is -2.30. The normalized spacial score (nSPS) is 10.6. The number of aromatic nitrogens is 3. The Hall–Kier alpha value is -3.02. The Bertz CT molecular complexity index is 848. The molecule has 128 valence electrons. The van der Waals surface area contributed by atoms with Crippen molar-refractivity contribution in [1.29, 1.82) is 0 Å². The highest BCUT2D eigenvalue weighted by atomic mass is 19.1. The Kier molecular flexibility index (Phi) is 5.18. The second kappa shape index (κ2) is 7.70. The highest BCUT2D eigenvalue weighted by molar-refractivity contribution is 5.94. The van der Waals surface area contributed by atoms with E-state index in [1.807, 2.05) is 25.1 Å². The van der Waals surface area contributed by atoms with Crippen molar-refractivity contribution in [3.05, 3.63) is 83.4 Å². The van der Waals surface area contributed by atoms with Crippen LogP contribution in [0.4, 0.5) is 4.39 Å². The van der Waals surface area contributed by atoms with Crippen LogP contribution in [0.25, 0.3) is 0 Å². The molecule has 5 nitrogen and oxygen atoms in total. The number of halogens is 1. The van der Waals surface area contributed by atoms with Crippen molar-refractivity contribution < 1.29 is 9.18 Å². The minimum absolute atomic E-state index is 0.119. The standard InChI is InChI=1S/C19H19FN4O/c1-2-23(14-17-7-3-4-9-18(17)20)19(25)16-8-5-6-15(12-16)13-24-11-10-21-22-24/h3-12H,2,13-14H2,1H3. The molecule has 0 saturated carbocycles.